The molecule has 1 aromatic heterocycles. The van der Waals surface area contributed by atoms with Crippen LogP contribution in [0, 0.1) is 0 Å². The van der Waals surface area contributed by atoms with Crippen LogP contribution in [-0.4, -0.2) is 29.6 Å². The first-order valence-electron chi connectivity index (χ1n) is 6.05. The van der Waals surface area contributed by atoms with Gasteiger partial charge in [-0.1, -0.05) is 6.07 Å². The molecule has 2 heterocycles. The number of nitrogens with zero attached hydrogens (tertiary/aromatic N) is 3. The zero-order valence-electron chi connectivity index (χ0n) is 10.5. The van der Waals surface area contributed by atoms with E-state index in [0.717, 1.165) is 30.0 Å². The van der Waals surface area contributed by atoms with Crippen LogP contribution in [0.4, 0.5) is 11.5 Å². The van der Waals surface area contributed by atoms with Crippen LogP contribution in [0.5, 0.6) is 0 Å². The maximum Gasteiger partial charge on any atom is 0.338 e. The van der Waals surface area contributed by atoms with Crippen molar-refractivity contribution in [3.63, 3.8) is 0 Å². The van der Waals surface area contributed by atoms with Gasteiger partial charge in [0, 0.05) is 18.4 Å². The van der Waals surface area contributed by atoms with Gasteiger partial charge in [-0.25, -0.2) is 14.8 Å². The highest BCUT2D eigenvalue weighted by molar-refractivity contribution is 5.94. The van der Waals surface area contributed by atoms with E-state index < -0.39 is 0 Å². The Kier molecular flexibility index (Phi) is 2.87. The number of anilines is 2. The van der Waals surface area contributed by atoms with Gasteiger partial charge in [0.2, 0.25) is 0 Å². The molecule has 1 aromatic carbocycles. The normalized spacial score (nSPS) is 13.2. The van der Waals surface area contributed by atoms with Crippen LogP contribution >= 0.6 is 0 Å². The van der Waals surface area contributed by atoms with Crippen molar-refractivity contribution < 1.29 is 9.53 Å². The molecule has 19 heavy (non-hydrogen) atoms. The van der Waals surface area contributed by atoms with E-state index in [0.29, 0.717) is 5.56 Å². The standard InChI is InChI=1S/C14H13N3O2/c1-19-14(18)11-3-2-4-12-10(11)6-8-17(12)13-5-7-15-9-16-13/h2-5,7,9H,6,8H2,1H3. The fraction of sp³-hybridized carbons (Fsp3) is 0.214. The van der Waals surface area contributed by atoms with E-state index in [2.05, 4.69) is 14.9 Å². The molecule has 2 aromatic rings. The summed E-state index contributed by atoms with van der Waals surface area (Å²) >= 11 is 0. The van der Waals surface area contributed by atoms with Gasteiger partial charge >= 0.3 is 5.97 Å². The predicted octanol–water partition coefficient (Wildman–Crippen LogP) is 1.96. The van der Waals surface area contributed by atoms with E-state index in [9.17, 15) is 4.79 Å². The van der Waals surface area contributed by atoms with Gasteiger partial charge < -0.3 is 9.64 Å². The number of aromatic nitrogens is 2. The lowest BCUT2D eigenvalue weighted by Gasteiger charge is -2.18. The van der Waals surface area contributed by atoms with Gasteiger partial charge in [0.05, 0.1) is 12.7 Å². The van der Waals surface area contributed by atoms with E-state index in [1.54, 1.807) is 12.3 Å². The van der Waals surface area contributed by atoms with Crippen molar-refractivity contribution in [3.8, 4) is 0 Å². The summed E-state index contributed by atoms with van der Waals surface area (Å²) in [6.07, 6.45) is 4.05. The maximum atomic E-state index is 11.7. The first-order chi connectivity index (χ1) is 9.31. The Morgan fingerprint density at radius 1 is 1.37 bits per heavy atom. The number of fused-ring (bicyclic) bond motifs is 1. The minimum atomic E-state index is -0.290. The van der Waals surface area contributed by atoms with Crippen molar-refractivity contribution in [2.75, 3.05) is 18.6 Å². The number of hydrogen-bond donors (Lipinski definition) is 0. The summed E-state index contributed by atoms with van der Waals surface area (Å²) in [6.45, 7) is 0.806. The fourth-order valence-electron chi connectivity index (χ4n) is 2.42. The highest BCUT2D eigenvalue weighted by atomic mass is 16.5. The molecule has 3 rings (SSSR count). The van der Waals surface area contributed by atoms with Gasteiger partial charge in [-0.2, -0.15) is 0 Å². The van der Waals surface area contributed by atoms with Crippen LogP contribution in [0.25, 0.3) is 0 Å². The Bertz CT molecular complexity index is 613. The molecule has 0 bridgehead atoms. The second-order valence-corrected chi connectivity index (χ2v) is 4.26. The van der Waals surface area contributed by atoms with Gasteiger partial charge in [0.1, 0.15) is 12.1 Å². The van der Waals surface area contributed by atoms with Gasteiger partial charge in [0.15, 0.2) is 0 Å². The van der Waals surface area contributed by atoms with Gasteiger partial charge in [0.25, 0.3) is 0 Å². The number of ether oxygens (including phenoxy) is 1. The van der Waals surface area contributed by atoms with Crippen molar-refractivity contribution in [1.29, 1.82) is 0 Å². The molecule has 0 atom stereocenters. The summed E-state index contributed by atoms with van der Waals surface area (Å²) in [5.41, 5.74) is 2.67. The average Bonchev–Trinajstić information content (AvgIpc) is 2.91. The molecule has 0 radical (unpaired) electrons. The lowest BCUT2D eigenvalue weighted by molar-refractivity contribution is 0.0600. The quantitative estimate of drug-likeness (QED) is 0.768. The molecule has 5 nitrogen and oxygen atoms in total. The topological polar surface area (TPSA) is 55.3 Å². The van der Waals surface area contributed by atoms with Crippen LogP contribution in [0.3, 0.4) is 0 Å². The smallest absolute Gasteiger partial charge is 0.338 e. The second kappa shape index (κ2) is 4.68. The first-order valence-corrected chi connectivity index (χ1v) is 6.05. The lowest BCUT2D eigenvalue weighted by Crippen LogP contribution is -2.14. The summed E-state index contributed by atoms with van der Waals surface area (Å²) in [4.78, 5) is 22.0. The molecule has 0 saturated heterocycles. The maximum absolute atomic E-state index is 11.7. The van der Waals surface area contributed by atoms with E-state index in [4.69, 9.17) is 4.74 Å². The van der Waals surface area contributed by atoms with E-state index in [1.807, 2.05) is 18.2 Å². The summed E-state index contributed by atoms with van der Waals surface area (Å²) in [5.74, 6) is 0.553. The minimum absolute atomic E-state index is 0.290. The Hall–Kier alpha value is -2.43. The summed E-state index contributed by atoms with van der Waals surface area (Å²) < 4.78 is 4.82. The summed E-state index contributed by atoms with van der Waals surface area (Å²) in [5, 5.41) is 0. The Morgan fingerprint density at radius 3 is 3.00 bits per heavy atom. The molecular formula is C14H13N3O2. The van der Waals surface area contributed by atoms with E-state index in [1.165, 1.54) is 13.4 Å². The number of esters is 1. The molecule has 0 saturated carbocycles. The van der Waals surface area contributed by atoms with E-state index >= 15 is 0 Å². The van der Waals surface area contributed by atoms with E-state index in [-0.39, 0.29) is 5.97 Å². The molecule has 1 aliphatic rings. The summed E-state index contributed by atoms with van der Waals surface area (Å²) in [6, 6.07) is 7.52. The molecule has 0 unspecified atom stereocenters. The van der Waals surface area contributed by atoms with Crippen LogP contribution in [0.15, 0.2) is 36.8 Å². The molecular weight excluding hydrogens is 242 g/mol. The van der Waals surface area contributed by atoms with Crippen LogP contribution in [0.1, 0.15) is 15.9 Å². The number of hydrogen-bond acceptors (Lipinski definition) is 5. The van der Waals surface area contributed by atoms with Crippen molar-refractivity contribution in [2.24, 2.45) is 0 Å². The van der Waals surface area contributed by atoms with Gasteiger partial charge in [-0.3, -0.25) is 0 Å². The highest BCUT2D eigenvalue weighted by Crippen LogP contribution is 2.35. The van der Waals surface area contributed by atoms with Gasteiger partial charge in [-0.05, 0) is 30.2 Å². The first kappa shape index (κ1) is 11.6. The SMILES string of the molecule is COC(=O)c1cccc2c1CCN2c1ccncn1. The van der Waals surface area contributed by atoms with Crippen LogP contribution < -0.4 is 4.90 Å². The Labute approximate surface area is 110 Å². The molecule has 96 valence electrons. The zero-order valence-corrected chi connectivity index (χ0v) is 10.5. The third kappa shape index (κ3) is 1.93. The van der Waals surface area contributed by atoms with Crippen LogP contribution in [0.2, 0.25) is 0 Å². The Morgan fingerprint density at radius 2 is 2.26 bits per heavy atom. The lowest BCUT2D eigenvalue weighted by atomic mass is 10.1. The van der Waals surface area contributed by atoms with Crippen LogP contribution in [-0.2, 0) is 11.2 Å². The van der Waals surface area contributed by atoms with Crippen molar-refractivity contribution in [1.82, 2.24) is 9.97 Å². The van der Waals surface area contributed by atoms with Crippen molar-refractivity contribution in [2.45, 2.75) is 6.42 Å². The molecule has 0 aliphatic carbocycles. The Balaban J connectivity index is 2.05. The monoisotopic (exact) mass is 255 g/mol. The minimum Gasteiger partial charge on any atom is -0.465 e. The molecule has 0 N–H and O–H groups in total. The second-order valence-electron chi connectivity index (χ2n) is 4.26. The third-order valence-electron chi connectivity index (χ3n) is 3.28. The predicted molar refractivity (Wildman–Crippen MR) is 70.5 cm³/mol. The largest absolute Gasteiger partial charge is 0.465 e. The molecule has 0 spiro atoms. The fourth-order valence-corrected chi connectivity index (χ4v) is 2.42. The van der Waals surface area contributed by atoms with Crippen molar-refractivity contribution in [3.05, 3.63) is 47.9 Å². The molecule has 0 amide bonds. The number of carbonyl (C=O) groups is 1. The highest BCUT2D eigenvalue weighted by Gasteiger charge is 2.25. The number of benzene rings is 1. The molecule has 0 fully saturated rings. The molecule has 5 heteroatoms. The number of methoxy groups -OCH3 is 1. The van der Waals surface area contributed by atoms with Crippen molar-refractivity contribution >= 4 is 17.5 Å². The third-order valence-corrected chi connectivity index (χ3v) is 3.28. The zero-order chi connectivity index (χ0) is 13.2. The summed E-state index contributed by atoms with van der Waals surface area (Å²) in [7, 11) is 1.40. The number of carbonyl (C=O) groups excluding carboxylic acids is 1. The van der Waals surface area contributed by atoms with Gasteiger partial charge in [-0.15, -0.1) is 0 Å². The average molecular weight is 255 g/mol. The molecule has 1 aliphatic heterocycles. The number of rotatable bonds is 2.